The van der Waals surface area contributed by atoms with E-state index in [0.717, 1.165) is 27.8 Å². The van der Waals surface area contributed by atoms with Crippen LogP contribution in [0.25, 0.3) is 5.57 Å². The molecule has 7 nitrogen and oxygen atoms in total. The van der Waals surface area contributed by atoms with E-state index in [-0.39, 0.29) is 44.2 Å². The normalized spacial score (nSPS) is 10.6. The van der Waals surface area contributed by atoms with Crippen LogP contribution in [-0.4, -0.2) is 11.9 Å². The van der Waals surface area contributed by atoms with Gasteiger partial charge < -0.3 is 23.7 Å². The third-order valence-electron chi connectivity index (χ3n) is 9.29. The Morgan fingerprint density at radius 1 is 0.379 bits per heavy atom. The van der Waals surface area contributed by atoms with Crippen molar-refractivity contribution in [2.24, 2.45) is 0 Å². The predicted molar refractivity (Wildman–Crippen MR) is 224 cm³/mol. The van der Waals surface area contributed by atoms with Gasteiger partial charge in [0, 0.05) is 5.56 Å². The van der Waals surface area contributed by atoms with E-state index in [1.165, 1.54) is 0 Å². The molecular formula is C51H42O7. The fraction of sp³-hybridized carbons (Fsp3) is 0.0980. The van der Waals surface area contributed by atoms with Crippen LogP contribution in [0.5, 0.6) is 17.2 Å². The van der Waals surface area contributed by atoms with Crippen molar-refractivity contribution < 1.29 is 33.3 Å². The molecule has 0 saturated heterocycles. The smallest absolute Gasteiger partial charge is 0.339 e. The number of esters is 2. The standard InChI is InChI=1S/C51H42O7/c1-37(48-44(51(53)58-36-42-26-15-6-16-27-42)28-17-29-45(48)54-32-38-18-7-2-8-19-38)49-46(55-33-39-20-9-3-10-21-39)30-43(50(52)57-35-41-24-13-5-14-25-41)31-47(49)56-34-40-22-11-4-12-23-40/h2-31H,1,32-36H2. The van der Waals surface area contributed by atoms with Gasteiger partial charge in [-0.1, -0.05) is 164 Å². The summed E-state index contributed by atoms with van der Waals surface area (Å²) in [5, 5.41) is 0. The van der Waals surface area contributed by atoms with Crippen molar-refractivity contribution in [3.8, 4) is 17.2 Å². The SMILES string of the molecule is C=C(c1c(OCc2ccccc2)cc(C(=O)OCc2ccccc2)cc1OCc1ccccc1)c1c(OCc2ccccc2)cccc1C(=O)OCc1ccccc1. The number of hydrogen-bond acceptors (Lipinski definition) is 7. The van der Waals surface area contributed by atoms with Gasteiger partial charge in [0.25, 0.3) is 0 Å². The zero-order chi connectivity index (χ0) is 39.9. The van der Waals surface area contributed by atoms with Gasteiger partial charge >= 0.3 is 11.9 Å². The summed E-state index contributed by atoms with van der Waals surface area (Å²) in [6.07, 6.45) is 0. The Hall–Kier alpha value is -7.38. The zero-order valence-electron chi connectivity index (χ0n) is 31.9. The third-order valence-corrected chi connectivity index (χ3v) is 9.29. The molecule has 0 fully saturated rings. The molecule has 0 atom stereocenters. The van der Waals surface area contributed by atoms with Crippen LogP contribution in [-0.2, 0) is 42.5 Å². The number of ether oxygens (including phenoxy) is 5. The average Bonchev–Trinajstić information content (AvgIpc) is 3.29. The van der Waals surface area contributed by atoms with Gasteiger partial charge in [-0.25, -0.2) is 9.59 Å². The lowest BCUT2D eigenvalue weighted by molar-refractivity contribution is 0.0463. The molecule has 7 rings (SSSR count). The number of hydrogen-bond donors (Lipinski definition) is 0. The molecule has 0 aromatic heterocycles. The van der Waals surface area contributed by atoms with Crippen LogP contribution in [0.4, 0.5) is 0 Å². The van der Waals surface area contributed by atoms with E-state index in [4.69, 9.17) is 23.7 Å². The Labute approximate surface area is 338 Å². The minimum absolute atomic E-state index is 0.0668. The molecule has 0 spiro atoms. The molecule has 0 radical (unpaired) electrons. The average molecular weight is 767 g/mol. The van der Waals surface area contributed by atoms with Crippen LogP contribution in [0.1, 0.15) is 59.7 Å². The van der Waals surface area contributed by atoms with E-state index in [9.17, 15) is 9.59 Å². The first-order valence-corrected chi connectivity index (χ1v) is 18.9. The van der Waals surface area contributed by atoms with Crippen molar-refractivity contribution in [2.75, 3.05) is 0 Å². The van der Waals surface area contributed by atoms with Crippen LogP contribution in [0.15, 0.2) is 189 Å². The molecule has 0 unspecified atom stereocenters. The molecule has 0 amide bonds. The summed E-state index contributed by atoms with van der Waals surface area (Å²) >= 11 is 0. The summed E-state index contributed by atoms with van der Waals surface area (Å²) in [5.41, 5.74) is 6.08. The highest BCUT2D eigenvalue weighted by Crippen LogP contribution is 2.44. The van der Waals surface area contributed by atoms with Gasteiger partial charge in [0.1, 0.15) is 50.3 Å². The summed E-state index contributed by atoms with van der Waals surface area (Å²) < 4.78 is 31.3. The molecule has 0 aliphatic carbocycles. The Morgan fingerprint density at radius 2 is 0.741 bits per heavy atom. The van der Waals surface area contributed by atoms with Crippen molar-refractivity contribution in [2.45, 2.75) is 33.0 Å². The van der Waals surface area contributed by atoms with Gasteiger partial charge in [-0.15, -0.1) is 0 Å². The molecule has 0 aliphatic heterocycles. The molecule has 7 aromatic rings. The summed E-state index contributed by atoms with van der Waals surface area (Å²) in [6, 6.07) is 56.6. The highest BCUT2D eigenvalue weighted by molar-refractivity contribution is 6.01. The van der Waals surface area contributed by atoms with Gasteiger partial charge in [0.2, 0.25) is 0 Å². The first-order chi connectivity index (χ1) is 28.5. The minimum Gasteiger partial charge on any atom is -0.488 e. The molecule has 0 N–H and O–H groups in total. The summed E-state index contributed by atoms with van der Waals surface area (Å²) in [6.45, 7) is 5.30. The fourth-order valence-electron chi connectivity index (χ4n) is 6.30. The molecule has 0 heterocycles. The molecule has 0 bridgehead atoms. The first-order valence-electron chi connectivity index (χ1n) is 18.9. The zero-order valence-corrected chi connectivity index (χ0v) is 31.9. The van der Waals surface area contributed by atoms with Crippen molar-refractivity contribution in [3.63, 3.8) is 0 Å². The van der Waals surface area contributed by atoms with E-state index in [2.05, 4.69) is 6.58 Å². The van der Waals surface area contributed by atoms with Gasteiger partial charge in [-0.3, -0.25) is 0 Å². The second kappa shape index (κ2) is 19.5. The molecule has 7 aromatic carbocycles. The highest BCUT2D eigenvalue weighted by atomic mass is 16.5. The maximum absolute atomic E-state index is 14.1. The van der Waals surface area contributed by atoms with Crippen LogP contribution in [0.2, 0.25) is 0 Å². The Morgan fingerprint density at radius 3 is 1.16 bits per heavy atom. The first kappa shape index (κ1) is 38.9. The van der Waals surface area contributed by atoms with Gasteiger partial charge in [0.15, 0.2) is 0 Å². The number of carbonyl (C=O) groups excluding carboxylic acids is 2. The van der Waals surface area contributed by atoms with Crippen molar-refractivity contribution in [1.82, 2.24) is 0 Å². The molecule has 58 heavy (non-hydrogen) atoms. The van der Waals surface area contributed by atoms with Crippen molar-refractivity contribution >= 4 is 17.5 Å². The van der Waals surface area contributed by atoms with Crippen LogP contribution in [0, 0.1) is 0 Å². The Balaban J connectivity index is 1.33. The van der Waals surface area contributed by atoms with E-state index >= 15 is 0 Å². The van der Waals surface area contributed by atoms with E-state index < -0.39 is 11.9 Å². The summed E-state index contributed by atoms with van der Waals surface area (Å²) in [7, 11) is 0. The number of rotatable bonds is 17. The quantitative estimate of drug-likeness (QED) is 0.0854. The molecule has 0 aliphatic rings. The topological polar surface area (TPSA) is 80.3 Å². The molecule has 288 valence electrons. The Bertz CT molecular complexity index is 2370. The fourth-order valence-corrected chi connectivity index (χ4v) is 6.30. The minimum atomic E-state index is -0.565. The van der Waals surface area contributed by atoms with E-state index in [0.29, 0.717) is 33.9 Å². The van der Waals surface area contributed by atoms with Gasteiger partial charge in [-0.2, -0.15) is 0 Å². The van der Waals surface area contributed by atoms with Crippen molar-refractivity contribution in [3.05, 3.63) is 239 Å². The molecular weight excluding hydrogens is 725 g/mol. The predicted octanol–water partition coefficient (Wildman–Crippen LogP) is 11.2. The van der Waals surface area contributed by atoms with E-state index in [1.54, 1.807) is 30.3 Å². The van der Waals surface area contributed by atoms with Crippen LogP contribution in [0.3, 0.4) is 0 Å². The second-order valence-corrected chi connectivity index (χ2v) is 13.5. The highest BCUT2D eigenvalue weighted by Gasteiger charge is 2.27. The number of carbonyl (C=O) groups is 2. The van der Waals surface area contributed by atoms with Crippen LogP contribution < -0.4 is 14.2 Å². The molecule has 7 heteroatoms. The Kier molecular flexibility index (Phi) is 13.0. The van der Waals surface area contributed by atoms with Crippen LogP contribution >= 0.6 is 0 Å². The lowest BCUT2D eigenvalue weighted by Crippen LogP contribution is -2.12. The summed E-state index contributed by atoms with van der Waals surface area (Å²) in [5.74, 6) is -0.130. The second-order valence-electron chi connectivity index (χ2n) is 13.5. The maximum Gasteiger partial charge on any atom is 0.339 e. The van der Waals surface area contributed by atoms with Gasteiger partial charge in [0.05, 0.1) is 16.7 Å². The van der Waals surface area contributed by atoms with Crippen molar-refractivity contribution in [1.29, 1.82) is 0 Å². The largest absolute Gasteiger partial charge is 0.488 e. The third kappa shape index (κ3) is 10.3. The van der Waals surface area contributed by atoms with Gasteiger partial charge in [-0.05, 0) is 57.7 Å². The van der Waals surface area contributed by atoms with E-state index in [1.807, 2.05) is 152 Å². The number of benzene rings is 7. The lowest BCUT2D eigenvalue weighted by atomic mass is 9.92. The summed E-state index contributed by atoms with van der Waals surface area (Å²) in [4.78, 5) is 27.9. The monoisotopic (exact) mass is 766 g/mol. The molecule has 0 saturated carbocycles. The maximum atomic E-state index is 14.1. The lowest BCUT2D eigenvalue weighted by Gasteiger charge is -2.22.